The molecule has 7 nitrogen and oxygen atoms in total. The van der Waals surface area contributed by atoms with Gasteiger partial charge in [-0.1, -0.05) is 12.1 Å². The van der Waals surface area contributed by atoms with E-state index in [1.807, 2.05) is 24.3 Å². The number of benzene rings is 3. The maximum atomic E-state index is 6.13. The van der Waals surface area contributed by atoms with Crippen LogP contribution in [0.15, 0.2) is 42.5 Å². The second-order valence-corrected chi connectivity index (χ2v) is 8.93. The summed E-state index contributed by atoms with van der Waals surface area (Å²) in [5.74, 6) is 4.43. The number of fused-ring (bicyclic) bond motifs is 2. The van der Waals surface area contributed by atoms with Gasteiger partial charge in [-0.3, -0.25) is 4.90 Å². The zero-order valence-corrected chi connectivity index (χ0v) is 21.6. The summed E-state index contributed by atoms with van der Waals surface area (Å²) >= 11 is 0. The summed E-state index contributed by atoms with van der Waals surface area (Å²) in [7, 11) is 8.39. The van der Waals surface area contributed by atoms with E-state index in [1.54, 1.807) is 35.5 Å². The van der Waals surface area contributed by atoms with Gasteiger partial charge in [-0.15, -0.1) is 0 Å². The molecule has 0 N–H and O–H groups in total. The smallest absolute Gasteiger partial charge is 0.168 e. The molecule has 0 aromatic heterocycles. The first kappa shape index (κ1) is 24.1. The highest BCUT2D eigenvalue weighted by Crippen LogP contribution is 2.54. The molecule has 0 fully saturated rings. The number of para-hydroxylation sites is 2. The lowest BCUT2D eigenvalue weighted by Crippen LogP contribution is -2.40. The van der Waals surface area contributed by atoms with Crippen molar-refractivity contribution in [2.24, 2.45) is 0 Å². The third kappa shape index (κ3) is 4.07. The van der Waals surface area contributed by atoms with Crippen LogP contribution in [0.2, 0.25) is 0 Å². The third-order valence-corrected chi connectivity index (χ3v) is 7.23. The molecule has 1 heterocycles. The van der Waals surface area contributed by atoms with Gasteiger partial charge in [0.1, 0.15) is 6.61 Å². The molecule has 1 aliphatic heterocycles. The molecule has 0 amide bonds. The summed E-state index contributed by atoms with van der Waals surface area (Å²) in [6, 6.07) is 14.2. The Morgan fingerprint density at radius 1 is 0.750 bits per heavy atom. The number of hydrogen-bond donors (Lipinski definition) is 0. The standard InChI is InChI=1S/C29H33NO6/c1-31-22-8-6-7-9-23(22)36-13-12-30-11-10-18-15-26(34-4)29(35-5)28-20-17-25(33-3)24(32-2)16-19(20)14-21(30)27(18)28/h6-9,15-17,21H,10-14H2,1-5H3. The largest absolute Gasteiger partial charge is 0.493 e. The highest BCUT2D eigenvalue weighted by Gasteiger charge is 2.38. The number of hydrogen-bond acceptors (Lipinski definition) is 7. The van der Waals surface area contributed by atoms with Crippen LogP contribution in [-0.2, 0) is 12.8 Å². The van der Waals surface area contributed by atoms with E-state index in [9.17, 15) is 0 Å². The van der Waals surface area contributed by atoms with E-state index in [0.29, 0.717) is 12.4 Å². The van der Waals surface area contributed by atoms with Crippen molar-refractivity contribution in [3.63, 3.8) is 0 Å². The van der Waals surface area contributed by atoms with Crippen LogP contribution in [0.25, 0.3) is 11.1 Å². The van der Waals surface area contributed by atoms with Gasteiger partial charge < -0.3 is 28.4 Å². The van der Waals surface area contributed by atoms with Crippen LogP contribution in [0, 0.1) is 0 Å². The van der Waals surface area contributed by atoms with Crippen LogP contribution in [0.5, 0.6) is 34.5 Å². The molecule has 36 heavy (non-hydrogen) atoms. The zero-order valence-electron chi connectivity index (χ0n) is 21.6. The first-order valence-corrected chi connectivity index (χ1v) is 12.2. The van der Waals surface area contributed by atoms with Gasteiger partial charge in [0.2, 0.25) is 0 Å². The summed E-state index contributed by atoms with van der Waals surface area (Å²) in [5.41, 5.74) is 5.98. The van der Waals surface area contributed by atoms with Crippen molar-refractivity contribution in [1.82, 2.24) is 4.90 Å². The van der Waals surface area contributed by atoms with Gasteiger partial charge in [-0.25, -0.2) is 0 Å². The summed E-state index contributed by atoms with van der Waals surface area (Å²) in [6.45, 7) is 2.29. The Balaban J connectivity index is 1.53. The normalized spacial score (nSPS) is 16.0. The number of methoxy groups -OCH3 is 5. The van der Waals surface area contributed by atoms with Gasteiger partial charge in [0, 0.05) is 24.7 Å². The highest BCUT2D eigenvalue weighted by molar-refractivity contribution is 5.85. The van der Waals surface area contributed by atoms with Crippen molar-refractivity contribution in [2.45, 2.75) is 18.9 Å². The van der Waals surface area contributed by atoms with E-state index in [0.717, 1.165) is 65.8 Å². The SMILES string of the molecule is COc1cc2c(cc1OC)-c1c(OC)c(OC)cc3c1C(C2)N(CCOc1ccccc1OC)CC3. The predicted octanol–water partition coefficient (Wildman–Crippen LogP) is 4.93. The van der Waals surface area contributed by atoms with Gasteiger partial charge in [0.15, 0.2) is 34.5 Å². The van der Waals surface area contributed by atoms with Gasteiger partial charge >= 0.3 is 0 Å². The lowest BCUT2D eigenvalue weighted by Gasteiger charge is -2.42. The molecule has 5 rings (SSSR count). The Morgan fingerprint density at radius 3 is 2.11 bits per heavy atom. The molecule has 0 saturated heterocycles. The predicted molar refractivity (Wildman–Crippen MR) is 138 cm³/mol. The van der Waals surface area contributed by atoms with E-state index in [2.05, 4.69) is 23.1 Å². The maximum absolute atomic E-state index is 6.13. The summed E-state index contributed by atoms with van der Waals surface area (Å²) in [6.07, 6.45) is 1.79. The quantitative estimate of drug-likeness (QED) is 0.421. The minimum Gasteiger partial charge on any atom is -0.493 e. The number of ether oxygens (including phenoxy) is 6. The average molecular weight is 492 g/mol. The van der Waals surface area contributed by atoms with Crippen molar-refractivity contribution in [3.05, 3.63) is 59.2 Å². The molecule has 3 aromatic carbocycles. The van der Waals surface area contributed by atoms with Crippen LogP contribution in [0.1, 0.15) is 22.7 Å². The van der Waals surface area contributed by atoms with Crippen molar-refractivity contribution < 1.29 is 28.4 Å². The Labute approximate surface area is 212 Å². The molecule has 0 spiro atoms. The molecule has 0 bridgehead atoms. The summed E-state index contributed by atoms with van der Waals surface area (Å²) in [5, 5.41) is 0. The fourth-order valence-corrected chi connectivity index (χ4v) is 5.56. The van der Waals surface area contributed by atoms with E-state index >= 15 is 0 Å². The molecule has 1 unspecified atom stereocenters. The van der Waals surface area contributed by atoms with E-state index in [4.69, 9.17) is 28.4 Å². The van der Waals surface area contributed by atoms with Gasteiger partial charge in [0.05, 0.1) is 35.5 Å². The third-order valence-electron chi connectivity index (χ3n) is 7.23. The molecule has 2 aliphatic rings. The second kappa shape index (κ2) is 10.2. The van der Waals surface area contributed by atoms with Gasteiger partial charge in [0.25, 0.3) is 0 Å². The Kier molecular flexibility index (Phi) is 6.83. The van der Waals surface area contributed by atoms with Crippen molar-refractivity contribution in [1.29, 1.82) is 0 Å². The fourth-order valence-electron chi connectivity index (χ4n) is 5.56. The Bertz CT molecular complexity index is 1260. The van der Waals surface area contributed by atoms with Gasteiger partial charge in [-0.2, -0.15) is 0 Å². The van der Waals surface area contributed by atoms with Crippen LogP contribution in [-0.4, -0.2) is 60.1 Å². The van der Waals surface area contributed by atoms with Crippen molar-refractivity contribution >= 4 is 0 Å². The van der Waals surface area contributed by atoms with Crippen LogP contribution in [0.4, 0.5) is 0 Å². The van der Waals surface area contributed by atoms with Crippen molar-refractivity contribution in [2.75, 3.05) is 55.2 Å². The summed E-state index contributed by atoms with van der Waals surface area (Å²) < 4.78 is 34.5. The molecule has 1 aliphatic carbocycles. The number of nitrogens with zero attached hydrogens (tertiary/aromatic N) is 1. The fraction of sp³-hybridized carbons (Fsp3) is 0.379. The molecule has 0 radical (unpaired) electrons. The topological polar surface area (TPSA) is 58.6 Å². The lowest BCUT2D eigenvalue weighted by atomic mass is 9.76. The second-order valence-electron chi connectivity index (χ2n) is 8.93. The molecule has 190 valence electrons. The van der Waals surface area contributed by atoms with E-state index < -0.39 is 0 Å². The molecular weight excluding hydrogens is 458 g/mol. The maximum Gasteiger partial charge on any atom is 0.168 e. The van der Waals surface area contributed by atoms with Crippen LogP contribution < -0.4 is 28.4 Å². The first-order valence-electron chi connectivity index (χ1n) is 12.2. The minimum atomic E-state index is 0.190. The Hall–Kier alpha value is -3.58. The number of rotatable bonds is 9. The van der Waals surface area contributed by atoms with Crippen LogP contribution >= 0.6 is 0 Å². The Morgan fingerprint density at radius 2 is 1.42 bits per heavy atom. The first-order chi connectivity index (χ1) is 17.6. The summed E-state index contributed by atoms with van der Waals surface area (Å²) in [4.78, 5) is 2.51. The highest BCUT2D eigenvalue weighted by atomic mass is 16.5. The van der Waals surface area contributed by atoms with E-state index in [-0.39, 0.29) is 6.04 Å². The zero-order chi connectivity index (χ0) is 25.2. The van der Waals surface area contributed by atoms with E-state index in [1.165, 1.54) is 16.7 Å². The van der Waals surface area contributed by atoms with Gasteiger partial charge in [-0.05, 0) is 65.4 Å². The molecule has 1 atom stereocenters. The monoisotopic (exact) mass is 491 g/mol. The van der Waals surface area contributed by atoms with Crippen LogP contribution in [0.3, 0.4) is 0 Å². The molecule has 3 aromatic rings. The molecule has 7 heteroatoms. The molecular formula is C29H33NO6. The average Bonchev–Trinajstić information content (AvgIpc) is 2.93. The van der Waals surface area contributed by atoms with Crippen molar-refractivity contribution in [3.8, 4) is 45.6 Å². The lowest BCUT2D eigenvalue weighted by molar-refractivity contribution is 0.146. The minimum absolute atomic E-state index is 0.190. The molecule has 0 saturated carbocycles.